The zero-order chi connectivity index (χ0) is 29.6. The van der Waals surface area contributed by atoms with Gasteiger partial charge in [0.25, 0.3) is 0 Å². The van der Waals surface area contributed by atoms with Crippen LogP contribution < -0.4 is 0 Å². The molecule has 4 nitrogen and oxygen atoms in total. The zero-order valence-corrected chi connectivity index (χ0v) is 27.2. The summed E-state index contributed by atoms with van der Waals surface area (Å²) in [4.78, 5) is 14.0. The highest BCUT2D eigenvalue weighted by Crippen LogP contribution is 2.52. The summed E-state index contributed by atoms with van der Waals surface area (Å²) < 4.78 is -0.742. The summed E-state index contributed by atoms with van der Waals surface area (Å²) in [7, 11) is 0. The molecule has 6 heteroatoms. The first-order chi connectivity index (χ1) is 16.8. The van der Waals surface area contributed by atoms with Crippen molar-refractivity contribution < 1.29 is 20.1 Å². The monoisotopic (exact) mass is 560 g/mol. The molecule has 2 aromatic rings. The molecule has 0 saturated heterocycles. The first-order valence-corrected chi connectivity index (χ1v) is 14.8. The lowest BCUT2D eigenvalue weighted by atomic mass is 9.79. The van der Waals surface area contributed by atoms with Crippen molar-refractivity contribution in [1.82, 2.24) is 0 Å². The topological polar surface area (TPSA) is 77.8 Å². The molecule has 0 saturated carbocycles. The molecule has 0 unspecified atom stereocenters. The van der Waals surface area contributed by atoms with Crippen LogP contribution in [0.3, 0.4) is 0 Å². The number of hydrogen-bond donors (Lipinski definition) is 3. The van der Waals surface area contributed by atoms with E-state index in [9.17, 15) is 20.1 Å². The molecular weight excluding hydrogens is 512 g/mol. The molecule has 212 valence electrons. The fourth-order valence-electron chi connectivity index (χ4n) is 4.49. The van der Waals surface area contributed by atoms with Gasteiger partial charge in [0, 0.05) is 32.0 Å². The Labute approximate surface area is 239 Å². The number of rotatable bonds is 6. The Morgan fingerprint density at radius 1 is 0.579 bits per heavy atom. The third kappa shape index (κ3) is 7.88. The standard InChI is InChI=1S/C32H48O4S2/c1-28(2,3)21-14-19(15-22(26(21)35)29(4,5)6)37-32(13,18-25(33)34)38-20-16-23(30(7,8)9)27(36)24(17-20)31(10,11)12/h14-17,35-36H,18H2,1-13H3,(H,33,34). The summed E-state index contributed by atoms with van der Waals surface area (Å²) in [6.45, 7) is 26.9. The molecule has 0 aliphatic carbocycles. The van der Waals surface area contributed by atoms with Gasteiger partial charge in [-0.05, 0) is 52.8 Å². The van der Waals surface area contributed by atoms with E-state index in [1.54, 1.807) is 0 Å². The molecule has 38 heavy (non-hydrogen) atoms. The van der Waals surface area contributed by atoms with Gasteiger partial charge in [-0.3, -0.25) is 4.79 Å². The van der Waals surface area contributed by atoms with Crippen molar-refractivity contribution in [2.75, 3.05) is 0 Å². The Bertz CT molecular complexity index is 1030. The van der Waals surface area contributed by atoms with Gasteiger partial charge in [0.2, 0.25) is 0 Å². The van der Waals surface area contributed by atoms with Gasteiger partial charge >= 0.3 is 5.97 Å². The van der Waals surface area contributed by atoms with Gasteiger partial charge in [-0.25, -0.2) is 0 Å². The number of carboxylic acid groups (broad SMARTS) is 1. The first-order valence-electron chi connectivity index (χ1n) is 13.2. The molecule has 0 heterocycles. The lowest BCUT2D eigenvalue weighted by Crippen LogP contribution is -2.22. The fraction of sp³-hybridized carbons (Fsp3) is 0.594. The Balaban J connectivity index is 2.72. The van der Waals surface area contributed by atoms with Gasteiger partial charge in [-0.15, -0.1) is 23.5 Å². The minimum Gasteiger partial charge on any atom is -0.507 e. The number of aliphatic carboxylic acids is 1. The third-order valence-electron chi connectivity index (χ3n) is 6.54. The van der Waals surface area contributed by atoms with Gasteiger partial charge < -0.3 is 15.3 Å². The highest BCUT2D eigenvalue weighted by Gasteiger charge is 2.35. The van der Waals surface area contributed by atoms with E-state index < -0.39 is 10.0 Å². The number of thioether (sulfide) groups is 2. The summed E-state index contributed by atoms with van der Waals surface area (Å²) in [5, 5.41) is 32.3. The molecule has 0 aromatic heterocycles. The number of phenols is 2. The predicted molar refractivity (Wildman–Crippen MR) is 163 cm³/mol. The second-order valence-corrected chi connectivity index (χ2v) is 18.1. The van der Waals surface area contributed by atoms with Crippen LogP contribution in [0.15, 0.2) is 34.1 Å². The molecule has 0 spiro atoms. The normalized spacial score (nSPS) is 13.6. The second-order valence-electron chi connectivity index (χ2n) is 14.6. The van der Waals surface area contributed by atoms with E-state index >= 15 is 0 Å². The maximum Gasteiger partial charge on any atom is 0.305 e. The van der Waals surface area contributed by atoms with E-state index in [0.717, 1.165) is 32.0 Å². The van der Waals surface area contributed by atoms with Crippen LogP contribution in [-0.2, 0) is 26.5 Å². The van der Waals surface area contributed by atoms with Gasteiger partial charge in [-0.2, -0.15) is 0 Å². The maximum absolute atomic E-state index is 12.1. The highest BCUT2D eigenvalue weighted by molar-refractivity contribution is 8.18. The fourth-order valence-corrected chi connectivity index (χ4v) is 7.33. The minimum atomic E-state index is -0.871. The van der Waals surface area contributed by atoms with Crippen molar-refractivity contribution in [2.24, 2.45) is 0 Å². The molecule has 0 aliphatic rings. The van der Waals surface area contributed by atoms with Gasteiger partial charge in [-0.1, -0.05) is 83.1 Å². The summed E-state index contributed by atoms with van der Waals surface area (Å²) in [6, 6.07) is 8.03. The predicted octanol–water partition coefficient (Wildman–Crippen LogP) is 9.36. The number of aromatic hydroxyl groups is 2. The maximum atomic E-state index is 12.1. The van der Waals surface area contributed by atoms with Crippen LogP contribution in [0.25, 0.3) is 0 Å². The van der Waals surface area contributed by atoms with Crippen LogP contribution in [-0.4, -0.2) is 25.4 Å². The summed E-state index contributed by atoms with van der Waals surface area (Å²) >= 11 is 3.05. The average molecular weight is 561 g/mol. The van der Waals surface area contributed by atoms with Crippen molar-refractivity contribution in [1.29, 1.82) is 0 Å². The average Bonchev–Trinajstić information content (AvgIpc) is 2.66. The molecular formula is C32H48O4S2. The Morgan fingerprint density at radius 2 is 0.816 bits per heavy atom. The molecule has 0 bridgehead atoms. The second kappa shape index (κ2) is 10.6. The quantitative estimate of drug-likeness (QED) is 0.241. The summed E-state index contributed by atoms with van der Waals surface area (Å²) in [6.07, 6.45) is -0.0600. The number of carboxylic acids is 1. The minimum absolute atomic E-state index is 0.0600. The third-order valence-corrected chi connectivity index (χ3v) is 9.13. The van der Waals surface area contributed by atoms with E-state index in [1.165, 1.54) is 23.5 Å². The van der Waals surface area contributed by atoms with E-state index in [-0.39, 0.29) is 28.1 Å². The Morgan fingerprint density at radius 3 is 1.00 bits per heavy atom. The van der Waals surface area contributed by atoms with E-state index in [0.29, 0.717) is 11.5 Å². The number of carbonyl (C=O) groups is 1. The van der Waals surface area contributed by atoms with E-state index in [2.05, 4.69) is 83.1 Å². The smallest absolute Gasteiger partial charge is 0.305 e. The SMILES string of the molecule is CC(CC(=O)O)(Sc1cc(C(C)(C)C)c(O)c(C(C)(C)C)c1)Sc1cc(C(C)(C)C)c(O)c(C(C)(C)C)c1. The van der Waals surface area contributed by atoms with Gasteiger partial charge in [0.05, 0.1) is 10.5 Å². The Kier molecular flexibility index (Phi) is 9.08. The van der Waals surface area contributed by atoms with Crippen LogP contribution in [0.5, 0.6) is 11.5 Å². The lowest BCUT2D eigenvalue weighted by Gasteiger charge is -2.32. The van der Waals surface area contributed by atoms with Crippen molar-refractivity contribution in [3.05, 3.63) is 46.5 Å². The molecule has 0 fully saturated rings. The summed E-state index contributed by atoms with van der Waals surface area (Å²) in [5.41, 5.74) is 2.28. The Hall–Kier alpha value is -1.79. The molecule has 3 N–H and O–H groups in total. The van der Waals surface area contributed by atoms with Gasteiger partial charge in [0.15, 0.2) is 0 Å². The van der Waals surface area contributed by atoms with Crippen molar-refractivity contribution >= 4 is 29.5 Å². The highest BCUT2D eigenvalue weighted by atomic mass is 32.2. The molecule has 0 radical (unpaired) electrons. The van der Waals surface area contributed by atoms with Crippen LogP contribution in [0.1, 0.15) is 119 Å². The number of phenolic OH excluding ortho intramolecular Hbond substituents is 2. The van der Waals surface area contributed by atoms with Crippen molar-refractivity contribution in [2.45, 2.75) is 132 Å². The summed E-state index contributed by atoms with van der Waals surface area (Å²) in [5.74, 6) is -0.250. The van der Waals surface area contributed by atoms with Crippen LogP contribution in [0.4, 0.5) is 0 Å². The van der Waals surface area contributed by atoms with Crippen molar-refractivity contribution in [3.63, 3.8) is 0 Å². The van der Waals surface area contributed by atoms with E-state index in [1.807, 2.05) is 31.2 Å². The van der Waals surface area contributed by atoms with Crippen LogP contribution >= 0.6 is 23.5 Å². The number of hydrogen-bond acceptors (Lipinski definition) is 5. The van der Waals surface area contributed by atoms with Crippen LogP contribution in [0.2, 0.25) is 0 Å². The lowest BCUT2D eigenvalue weighted by molar-refractivity contribution is -0.137. The van der Waals surface area contributed by atoms with Crippen molar-refractivity contribution in [3.8, 4) is 11.5 Å². The molecule has 0 atom stereocenters. The zero-order valence-electron chi connectivity index (χ0n) is 25.6. The molecule has 2 aromatic carbocycles. The first kappa shape index (κ1) is 32.4. The van der Waals surface area contributed by atoms with Gasteiger partial charge in [0.1, 0.15) is 11.5 Å². The molecule has 0 amide bonds. The number of benzene rings is 2. The molecule has 0 aliphatic heterocycles. The largest absolute Gasteiger partial charge is 0.507 e. The van der Waals surface area contributed by atoms with E-state index in [4.69, 9.17) is 0 Å². The molecule has 2 rings (SSSR count). The van der Waals surface area contributed by atoms with Crippen LogP contribution in [0, 0.1) is 0 Å².